The molecule has 0 radical (unpaired) electrons. The summed E-state index contributed by atoms with van der Waals surface area (Å²) in [4.78, 5) is 11.5. The number of rotatable bonds is 6. The molecule has 1 fully saturated rings. The lowest BCUT2D eigenvalue weighted by molar-refractivity contribution is -0.124. The average Bonchev–Trinajstić information content (AvgIpc) is 2.26. The van der Waals surface area contributed by atoms with Gasteiger partial charge in [-0.05, 0) is 32.1 Å². The molecule has 2 unspecified atom stereocenters. The van der Waals surface area contributed by atoms with Gasteiger partial charge in [0.25, 0.3) is 0 Å². The largest absolute Gasteiger partial charge is 0.355 e. The summed E-state index contributed by atoms with van der Waals surface area (Å²) in [7, 11) is 0. The number of nitrogens with one attached hydrogen (secondary N) is 2. The smallest absolute Gasteiger partial charge is 0.237 e. The number of carbonyl (C=O) groups is 1. The quantitative estimate of drug-likeness (QED) is 0.654. The topological polar surface area (TPSA) is 41.1 Å². The summed E-state index contributed by atoms with van der Waals surface area (Å²) < 4.78 is 0. The van der Waals surface area contributed by atoms with E-state index in [1.165, 1.54) is 0 Å². The molecule has 0 aromatic heterocycles. The van der Waals surface area contributed by atoms with Crippen molar-refractivity contribution < 1.29 is 4.79 Å². The van der Waals surface area contributed by atoms with Crippen LogP contribution < -0.4 is 10.6 Å². The average molecular weight is 210 g/mol. The van der Waals surface area contributed by atoms with Crippen molar-refractivity contribution in [3.63, 3.8) is 0 Å². The number of carbonyl (C=O) groups excluding carboxylic acids is 1. The second-order valence-electron chi connectivity index (χ2n) is 4.12. The standard InChI is InChI=1S/C12H22N2O/c1-3-5-7-10(4-2)14-11-8-6-9-13-12(11)15/h3,10-11,14H,1,4-9H2,2H3,(H,13,15). The summed E-state index contributed by atoms with van der Waals surface area (Å²) in [5.74, 6) is 0.165. The van der Waals surface area contributed by atoms with Crippen molar-refractivity contribution in [2.24, 2.45) is 0 Å². The summed E-state index contributed by atoms with van der Waals surface area (Å²) in [6.07, 6.45) is 7.14. The molecule has 0 bridgehead atoms. The van der Waals surface area contributed by atoms with Crippen LogP contribution in [0.25, 0.3) is 0 Å². The van der Waals surface area contributed by atoms with Gasteiger partial charge in [0.2, 0.25) is 5.91 Å². The second kappa shape index (κ2) is 6.62. The molecule has 0 spiro atoms. The van der Waals surface area contributed by atoms with E-state index >= 15 is 0 Å². The molecule has 1 heterocycles. The van der Waals surface area contributed by atoms with E-state index in [1.807, 2.05) is 6.08 Å². The highest BCUT2D eigenvalue weighted by Gasteiger charge is 2.23. The molecule has 15 heavy (non-hydrogen) atoms. The van der Waals surface area contributed by atoms with Crippen LogP contribution in [0.1, 0.15) is 39.0 Å². The summed E-state index contributed by atoms with van der Waals surface area (Å²) in [5.41, 5.74) is 0. The fourth-order valence-corrected chi connectivity index (χ4v) is 1.94. The van der Waals surface area contributed by atoms with Crippen molar-refractivity contribution in [1.82, 2.24) is 10.6 Å². The van der Waals surface area contributed by atoms with Gasteiger partial charge >= 0.3 is 0 Å². The molecule has 2 atom stereocenters. The Labute approximate surface area is 92.3 Å². The van der Waals surface area contributed by atoms with E-state index in [4.69, 9.17) is 0 Å². The molecule has 0 aromatic rings. The van der Waals surface area contributed by atoms with Crippen molar-refractivity contribution in [2.75, 3.05) is 6.54 Å². The van der Waals surface area contributed by atoms with Crippen LogP contribution in [0.5, 0.6) is 0 Å². The highest BCUT2D eigenvalue weighted by molar-refractivity contribution is 5.82. The van der Waals surface area contributed by atoms with E-state index < -0.39 is 0 Å². The van der Waals surface area contributed by atoms with Gasteiger partial charge in [-0.3, -0.25) is 4.79 Å². The molecule has 1 aliphatic heterocycles. The van der Waals surface area contributed by atoms with Gasteiger partial charge in [0.15, 0.2) is 0 Å². The molecule has 3 nitrogen and oxygen atoms in total. The van der Waals surface area contributed by atoms with Crippen molar-refractivity contribution in [3.8, 4) is 0 Å². The van der Waals surface area contributed by atoms with Crippen molar-refractivity contribution >= 4 is 5.91 Å². The molecule has 1 saturated heterocycles. The summed E-state index contributed by atoms with van der Waals surface area (Å²) in [5, 5.41) is 6.33. The Kier molecular flexibility index (Phi) is 5.40. The van der Waals surface area contributed by atoms with Gasteiger partial charge in [-0.15, -0.1) is 6.58 Å². The van der Waals surface area contributed by atoms with Crippen LogP contribution in [0.15, 0.2) is 12.7 Å². The molecule has 1 amide bonds. The first-order valence-corrected chi connectivity index (χ1v) is 5.92. The summed E-state index contributed by atoms with van der Waals surface area (Å²) >= 11 is 0. The molecule has 1 aliphatic rings. The molecule has 86 valence electrons. The lowest BCUT2D eigenvalue weighted by Gasteiger charge is -2.27. The summed E-state index contributed by atoms with van der Waals surface area (Å²) in [6, 6.07) is 0.463. The number of allylic oxidation sites excluding steroid dienone is 1. The Morgan fingerprint density at radius 1 is 1.73 bits per heavy atom. The SMILES string of the molecule is C=CCCC(CC)NC1CCCNC1=O. The van der Waals surface area contributed by atoms with E-state index in [0.717, 1.165) is 38.6 Å². The number of piperidine rings is 1. The molecule has 0 saturated carbocycles. The van der Waals surface area contributed by atoms with Gasteiger partial charge in [0.05, 0.1) is 6.04 Å². The van der Waals surface area contributed by atoms with Crippen LogP contribution in [-0.4, -0.2) is 24.5 Å². The van der Waals surface area contributed by atoms with E-state index in [1.54, 1.807) is 0 Å². The van der Waals surface area contributed by atoms with Crippen LogP contribution in [0.2, 0.25) is 0 Å². The third kappa shape index (κ3) is 4.04. The predicted molar refractivity (Wildman–Crippen MR) is 62.7 cm³/mol. The van der Waals surface area contributed by atoms with Gasteiger partial charge in [0.1, 0.15) is 0 Å². The normalized spacial score (nSPS) is 23.3. The Bertz CT molecular complexity index is 216. The minimum Gasteiger partial charge on any atom is -0.355 e. The molecule has 2 N–H and O–H groups in total. The van der Waals surface area contributed by atoms with Gasteiger partial charge < -0.3 is 10.6 Å². The van der Waals surface area contributed by atoms with E-state index in [0.29, 0.717) is 6.04 Å². The van der Waals surface area contributed by atoms with E-state index in [-0.39, 0.29) is 11.9 Å². The minimum absolute atomic E-state index is 0.0218. The zero-order valence-corrected chi connectivity index (χ0v) is 9.59. The predicted octanol–water partition coefficient (Wildman–Crippen LogP) is 1.60. The Balaban J connectivity index is 2.35. The molecule has 3 heteroatoms. The van der Waals surface area contributed by atoms with Gasteiger partial charge in [-0.25, -0.2) is 0 Å². The Morgan fingerprint density at radius 3 is 3.13 bits per heavy atom. The van der Waals surface area contributed by atoms with Crippen LogP contribution in [0.3, 0.4) is 0 Å². The van der Waals surface area contributed by atoms with Crippen molar-refractivity contribution in [2.45, 2.75) is 51.1 Å². The van der Waals surface area contributed by atoms with Crippen molar-refractivity contribution in [1.29, 1.82) is 0 Å². The highest BCUT2D eigenvalue weighted by atomic mass is 16.2. The van der Waals surface area contributed by atoms with Crippen LogP contribution in [0.4, 0.5) is 0 Å². The molecule has 1 rings (SSSR count). The zero-order chi connectivity index (χ0) is 11.1. The fraction of sp³-hybridized carbons (Fsp3) is 0.750. The maximum atomic E-state index is 11.5. The van der Waals surface area contributed by atoms with Crippen LogP contribution >= 0.6 is 0 Å². The summed E-state index contributed by atoms with van der Waals surface area (Å²) in [6.45, 7) is 6.71. The molecular weight excluding hydrogens is 188 g/mol. The van der Waals surface area contributed by atoms with Gasteiger partial charge in [-0.2, -0.15) is 0 Å². The third-order valence-corrected chi connectivity index (χ3v) is 2.93. The first-order valence-electron chi connectivity index (χ1n) is 5.92. The maximum Gasteiger partial charge on any atom is 0.237 e. The fourth-order valence-electron chi connectivity index (χ4n) is 1.94. The van der Waals surface area contributed by atoms with Crippen molar-refractivity contribution in [3.05, 3.63) is 12.7 Å². The molecular formula is C12H22N2O. The number of hydrogen-bond acceptors (Lipinski definition) is 2. The first kappa shape index (κ1) is 12.2. The Hall–Kier alpha value is -0.830. The molecule has 0 aromatic carbocycles. The zero-order valence-electron chi connectivity index (χ0n) is 9.59. The highest BCUT2D eigenvalue weighted by Crippen LogP contribution is 2.08. The monoisotopic (exact) mass is 210 g/mol. The lowest BCUT2D eigenvalue weighted by atomic mass is 10.0. The third-order valence-electron chi connectivity index (χ3n) is 2.93. The van der Waals surface area contributed by atoms with E-state index in [2.05, 4.69) is 24.1 Å². The maximum absolute atomic E-state index is 11.5. The first-order chi connectivity index (χ1) is 7.27. The van der Waals surface area contributed by atoms with Crippen LogP contribution in [0, 0.1) is 0 Å². The Morgan fingerprint density at radius 2 is 2.53 bits per heavy atom. The molecule has 0 aliphatic carbocycles. The van der Waals surface area contributed by atoms with Gasteiger partial charge in [-0.1, -0.05) is 13.0 Å². The number of amides is 1. The van der Waals surface area contributed by atoms with Gasteiger partial charge in [0, 0.05) is 12.6 Å². The minimum atomic E-state index is 0.0218. The number of hydrogen-bond donors (Lipinski definition) is 2. The van der Waals surface area contributed by atoms with E-state index in [9.17, 15) is 4.79 Å². The second-order valence-corrected chi connectivity index (χ2v) is 4.12. The lowest BCUT2D eigenvalue weighted by Crippen LogP contribution is -2.51. The van der Waals surface area contributed by atoms with Crippen LogP contribution in [-0.2, 0) is 4.79 Å².